The SMILES string of the molecule is Cc1ccc(CN2CCC(C(F)(F)F)CC2)cc1Br. The van der Waals surface area contributed by atoms with Gasteiger partial charge in [-0.2, -0.15) is 13.2 Å². The molecule has 1 aliphatic rings. The highest BCUT2D eigenvalue weighted by Crippen LogP contribution is 2.34. The normalized spacial score (nSPS) is 18.8. The zero-order valence-electron chi connectivity index (χ0n) is 10.8. The molecule has 0 N–H and O–H groups in total. The fourth-order valence-electron chi connectivity index (χ4n) is 2.41. The second-order valence-corrected chi connectivity index (χ2v) is 6.03. The number of rotatable bonds is 2. The maximum Gasteiger partial charge on any atom is 0.391 e. The fourth-order valence-corrected chi connectivity index (χ4v) is 2.84. The number of benzene rings is 1. The molecule has 1 aromatic rings. The van der Waals surface area contributed by atoms with Crippen LogP contribution in [-0.2, 0) is 6.54 Å². The second kappa shape index (κ2) is 5.83. The molecule has 0 aromatic heterocycles. The monoisotopic (exact) mass is 335 g/mol. The quantitative estimate of drug-likeness (QED) is 0.767. The Balaban J connectivity index is 1.90. The van der Waals surface area contributed by atoms with Gasteiger partial charge in [0, 0.05) is 11.0 Å². The first-order valence-corrected chi connectivity index (χ1v) is 7.19. The Morgan fingerprint density at radius 3 is 2.42 bits per heavy atom. The predicted molar refractivity (Wildman–Crippen MR) is 72.9 cm³/mol. The molecule has 1 aromatic carbocycles. The van der Waals surface area contributed by atoms with Crippen molar-refractivity contribution in [3.05, 3.63) is 33.8 Å². The van der Waals surface area contributed by atoms with E-state index in [2.05, 4.69) is 20.8 Å². The first kappa shape index (κ1) is 14.9. The van der Waals surface area contributed by atoms with Gasteiger partial charge in [-0.3, -0.25) is 4.90 Å². The van der Waals surface area contributed by atoms with Gasteiger partial charge < -0.3 is 0 Å². The van der Waals surface area contributed by atoms with Crippen molar-refractivity contribution in [2.24, 2.45) is 5.92 Å². The molecule has 1 nitrogen and oxygen atoms in total. The van der Waals surface area contributed by atoms with Crippen LogP contribution in [0.2, 0.25) is 0 Å². The molecule has 1 saturated heterocycles. The van der Waals surface area contributed by atoms with Crippen LogP contribution in [0.3, 0.4) is 0 Å². The molecule has 1 fully saturated rings. The maximum absolute atomic E-state index is 12.6. The Labute approximate surface area is 119 Å². The van der Waals surface area contributed by atoms with E-state index >= 15 is 0 Å². The molecule has 0 amide bonds. The highest BCUT2D eigenvalue weighted by atomic mass is 79.9. The summed E-state index contributed by atoms with van der Waals surface area (Å²) in [6.07, 6.45) is -3.59. The standard InChI is InChI=1S/C14H17BrF3N/c1-10-2-3-11(8-13(10)15)9-19-6-4-12(5-7-19)14(16,17)18/h2-3,8,12H,4-7,9H2,1H3. The van der Waals surface area contributed by atoms with E-state index in [1.165, 1.54) is 5.56 Å². The topological polar surface area (TPSA) is 3.24 Å². The van der Waals surface area contributed by atoms with Crippen LogP contribution in [0.4, 0.5) is 13.2 Å². The summed E-state index contributed by atoms with van der Waals surface area (Å²) in [6, 6.07) is 6.11. The van der Waals surface area contributed by atoms with Gasteiger partial charge in [-0.15, -0.1) is 0 Å². The summed E-state index contributed by atoms with van der Waals surface area (Å²) in [6.45, 7) is 3.79. The zero-order valence-corrected chi connectivity index (χ0v) is 12.4. The molecular formula is C14H17BrF3N. The average Bonchev–Trinajstić information content (AvgIpc) is 2.33. The van der Waals surface area contributed by atoms with Gasteiger partial charge in [0.1, 0.15) is 0 Å². The lowest BCUT2D eigenvalue weighted by Crippen LogP contribution is -2.38. The van der Waals surface area contributed by atoms with Crippen LogP contribution in [-0.4, -0.2) is 24.2 Å². The highest BCUT2D eigenvalue weighted by Gasteiger charge is 2.40. The largest absolute Gasteiger partial charge is 0.391 e. The van der Waals surface area contributed by atoms with E-state index in [1.807, 2.05) is 25.1 Å². The number of hydrogen-bond acceptors (Lipinski definition) is 1. The lowest BCUT2D eigenvalue weighted by Gasteiger charge is -2.32. The van der Waals surface area contributed by atoms with Crippen molar-refractivity contribution in [2.45, 2.75) is 32.5 Å². The van der Waals surface area contributed by atoms with Gasteiger partial charge in [-0.05, 0) is 50.0 Å². The number of hydrogen-bond donors (Lipinski definition) is 0. The van der Waals surface area contributed by atoms with Crippen LogP contribution >= 0.6 is 15.9 Å². The van der Waals surface area contributed by atoms with Crippen molar-refractivity contribution < 1.29 is 13.2 Å². The third-order valence-corrected chi connectivity index (χ3v) is 4.55. The predicted octanol–water partition coefficient (Wildman–Crippen LogP) is 4.53. The molecule has 0 aliphatic carbocycles. The molecule has 0 saturated carbocycles. The Hall–Kier alpha value is -0.550. The summed E-state index contributed by atoms with van der Waals surface area (Å²) in [4.78, 5) is 2.10. The van der Waals surface area contributed by atoms with E-state index in [0.29, 0.717) is 13.1 Å². The maximum atomic E-state index is 12.6. The first-order chi connectivity index (χ1) is 8.86. The molecule has 0 bridgehead atoms. The second-order valence-electron chi connectivity index (χ2n) is 5.18. The number of alkyl halides is 3. The third-order valence-electron chi connectivity index (χ3n) is 3.69. The van der Waals surface area contributed by atoms with Crippen molar-refractivity contribution in [2.75, 3.05) is 13.1 Å². The minimum atomic E-state index is -4.03. The van der Waals surface area contributed by atoms with Crippen LogP contribution in [0.25, 0.3) is 0 Å². The Bertz CT molecular complexity index is 437. The van der Waals surface area contributed by atoms with E-state index in [-0.39, 0.29) is 12.8 Å². The van der Waals surface area contributed by atoms with E-state index in [4.69, 9.17) is 0 Å². The van der Waals surface area contributed by atoms with E-state index < -0.39 is 12.1 Å². The number of nitrogens with zero attached hydrogens (tertiary/aromatic N) is 1. The number of aryl methyl sites for hydroxylation is 1. The molecule has 106 valence electrons. The van der Waals surface area contributed by atoms with Crippen LogP contribution in [0.15, 0.2) is 22.7 Å². The van der Waals surface area contributed by atoms with Crippen molar-refractivity contribution >= 4 is 15.9 Å². The average molecular weight is 336 g/mol. The summed E-state index contributed by atoms with van der Waals surface area (Å²) in [5.74, 6) is -1.12. The van der Waals surface area contributed by atoms with Crippen LogP contribution < -0.4 is 0 Å². The van der Waals surface area contributed by atoms with Crippen LogP contribution in [0, 0.1) is 12.8 Å². The van der Waals surface area contributed by atoms with Crippen molar-refractivity contribution in [3.8, 4) is 0 Å². The number of piperidine rings is 1. The lowest BCUT2D eigenvalue weighted by atomic mass is 9.96. The van der Waals surface area contributed by atoms with Gasteiger partial charge >= 0.3 is 6.18 Å². The summed E-state index contributed by atoms with van der Waals surface area (Å²) < 4.78 is 38.8. The van der Waals surface area contributed by atoms with Gasteiger partial charge in [0.25, 0.3) is 0 Å². The summed E-state index contributed by atoms with van der Waals surface area (Å²) in [7, 11) is 0. The van der Waals surface area contributed by atoms with Gasteiger partial charge in [0.15, 0.2) is 0 Å². The molecule has 2 rings (SSSR count). The molecule has 0 radical (unpaired) electrons. The zero-order chi connectivity index (χ0) is 14.0. The van der Waals surface area contributed by atoms with E-state index in [9.17, 15) is 13.2 Å². The molecule has 0 unspecified atom stereocenters. The third kappa shape index (κ3) is 3.96. The van der Waals surface area contributed by atoms with Crippen molar-refractivity contribution in [3.63, 3.8) is 0 Å². The van der Waals surface area contributed by atoms with Gasteiger partial charge in [-0.1, -0.05) is 28.1 Å². The summed E-state index contributed by atoms with van der Waals surface area (Å²) in [5.41, 5.74) is 2.31. The Morgan fingerprint density at radius 1 is 1.26 bits per heavy atom. The molecular weight excluding hydrogens is 319 g/mol. The molecule has 0 spiro atoms. The van der Waals surface area contributed by atoms with Gasteiger partial charge in [-0.25, -0.2) is 0 Å². The van der Waals surface area contributed by atoms with Gasteiger partial charge in [0.2, 0.25) is 0 Å². The van der Waals surface area contributed by atoms with Crippen molar-refractivity contribution in [1.82, 2.24) is 4.90 Å². The van der Waals surface area contributed by atoms with E-state index in [1.54, 1.807) is 0 Å². The van der Waals surface area contributed by atoms with Crippen LogP contribution in [0.1, 0.15) is 24.0 Å². The minimum absolute atomic E-state index is 0.219. The molecule has 1 heterocycles. The molecule has 0 atom stereocenters. The molecule has 5 heteroatoms. The molecule has 19 heavy (non-hydrogen) atoms. The van der Waals surface area contributed by atoms with E-state index in [0.717, 1.165) is 16.6 Å². The molecule has 1 aliphatic heterocycles. The summed E-state index contributed by atoms with van der Waals surface area (Å²) in [5, 5.41) is 0. The highest BCUT2D eigenvalue weighted by molar-refractivity contribution is 9.10. The number of halogens is 4. The lowest BCUT2D eigenvalue weighted by molar-refractivity contribution is -0.185. The fraction of sp³-hybridized carbons (Fsp3) is 0.571. The van der Waals surface area contributed by atoms with Crippen molar-refractivity contribution in [1.29, 1.82) is 0 Å². The van der Waals surface area contributed by atoms with Crippen LogP contribution in [0.5, 0.6) is 0 Å². The van der Waals surface area contributed by atoms with Gasteiger partial charge in [0.05, 0.1) is 5.92 Å². The minimum Gasteiger partial charge on any atom is -0.299 e. The smallest absolute Gasteiger partial charge is 0.299 e. The summed E-state index contributed by atoms with van der Waals surface area (Å²) >= 11 is 3.48. The Morgan fingerprint density at radius 2 is 1.89 bits per heavy atom. The first-order valence-electron chi connectivity index (χ1n) is 6.40. The number of likely N-dealkylation sites (tertiary alicyclic amines) is 1. The Kier molecular flexibility index (Phi) is 4.56.